The lowest BCUT2D eigenvalue weighted by atomic mass is 9.72. The maximum atomic E-state index is 12.9. The maximum absolute atomic E-state index is 12.9. The van der Waals surface area contributed by atoms with E-state index in [4.69, 9.17) is 0 Å². The van der Waals surface area contributed by atoms with Crippen molar-refractivity contribution in [3.63, 3.8) is 0 Å². The number of hydrogen-bond acceptors (Lipinski definition) is 2. The molecule has 1 saturated heterocycles. The summed E-state index contributed by atoms with van der Waals surface area (Å²) in [5.41, 5.74) is 1.80. The lowest BCUT2D eigenvalue weighted by molar-refractivity contribution is -0.158. The molecule has 2 N–H and O–H groups in total. The summed E-state index contributed by atoms with van der Waals surface area (Å²) in [5, 5.41) is 11.6. The second-order valence-corrected chi connectivity index (χ2v) is 6.57. The van der Waals surface area contributed by atoms with Crippen molar-refractivity contribution in [2.45, 2.75) is 45.6 Å². The van der Waals surface area contributed by atoms with Crippen molar-refractivity contribution < 1.29 is 9.90 Å². The highest BCUT2D eigenvalue weighted by molar-refractivity contribution is 5.85. The van der Waals surface area contributed by atoms with Gasteiger partial charge in [0.05, 0.1) is 11.5 Å². The highest BCUT2D eigenvalue weighted by Crippen LogP contribution is 2.38. The molecule has 1 aromatic carbocycles. The van der Waals surface area contributed by atoms with E-state index in [0.717, 1.165) is 18.5 Å². The summed E-state index contributed by atoms with van der Waals surface area (Å²) in [7, 11) is 0. The van der Waals surface area contributed by atoms with Crippen LogP contribution in [0.5, 0.6) is 0 Å². The van der Waals surface area contributed by atoms with Crippen LogP contribution in [0.25, 0.3) is 10.9 Å². The minimum absolute atomic E-state index is 0.126. The van der Waals surface area contributed by atoms with Gasteiger partial charge in [0.2, 0.25) is 5.91 Å². The number of hydrogen-bond donors (Lipinski definition) is 2. The highest BCUT2D eigenvalue weighted by Gasteiger charge is 2.47. The van der Waals surface area contributed by atoms with Crippen molar-refractivity contribution in [3.8, 4) is 0 Å². The summed E-state index contributed by atoms with van der Waals surface area (Å²) in [6, 6.07) is 8.25. The summed E-state index contributed by atoms with van der Waals surface area (Å²) in [6.07, 6.45) is 4.46. The molecule has 4 nitrogen and oxygen atoms in total. The first kappa shape index (κ1) is 16.1. The number of aromatic nitrogens is 1. The van der Waals surface area contributed by atoms with Crippen LogP contribution in [0.4, 0.5) is 0 Å². The zero-order chi connectivity index (χ0) is 16.4. The number of rotatable bonds is 5. The molecule has 23 heavy (non-hydrogen) atoms. The quantitative estimate of drug-likeness (QED) is 0.891. The molecule has 1 aromatic heterocycles. The largest absolute Gasteiger partial charge is 0.392 e. The van der Waals surface area contributed by atoms with Crippen LogP contribution in [0.1, 0.15) is 38.7 Å². The van der Waals surface area contributed by atoms with Crippen LogP contribution in [-0.2, 0) is 11.2 Å². The van der Waals surface area contributed by atoms with Crippen LogP contribution < -0.4 is 0 Å². The number of aliphatic hydroxyl groups is 1. The third-order valence-electron chi connectivity index (χ3n) is 5.61. The fourth-order valence-corrected chi connectivity index (χ4v) is 3.94. The zero-order valence-corrected chi connectivity index (χ0v) is 14.0. The fraction of sp³-hybridized carbons (Fsp3) is 0.526. The number of nitrogens with one attached hydrogen (secondary N) is 1. The van der Waals surface area contributed by atoms with Gasteiger partial charge in [-0.2, -0.15) is 0 Å². The number of fused-ring (bicyclic) bond motifs is 1. The van der Waals surface area contributed by atoms with Gasteiger partial charge < -0.3 is 15.0 Å². The molecule has 124 valence electrons. The van der Waals surface area contributed by atoms with E-state index in [1.807, 2.05) is 37.1 Å². The Labute approximate surface area is 137 Å². The molecule has 0 radical (unpaired) electrons. The van der Waals surface area contributed by atoms with Crippen molar-refractivity contribution in [3.05, 3.63) is 36.0 Å². The molecule has 0 bridgehead atoms. The van der Waals surface area contributed by atoms with Crippen LogP contribution in [0.15, 0.2) is 30.5 Å². The van der Waals surface area contributed by atoms with Crippen LogP contribution in [0.2, 0.25) is 0 Å². The second kappa shape index (κ2) is 6.36. The predicted octanol–water partition coefficient (Wildman–Crippen LogP) is 3.11. The van der Waals surface area contributed by atoms with Crippen molar-refractivity contribution in [2.75, 3.05) is 13.1 Å². The number of aliphatic hydroxyl groups excluding tert-OH is 1. The number of amides is 1. The molecule has 4 heteroatoms. The van der Waals surface area contributed by atoms with E-state index in [2.05, 4.69) is 17.1 Å². The molecule has 0 spiro atoms. The lowest BCUT2D eigenvalue weighted by Gasteiger charge is -2.44. The Kier molecular flexibility index (Phi) is 4.44. The Balaban J connectivity index is 1.74. The number of H-pyrrole nitrogens is 1. The second-order valence-electron chi connectivity index (χ2n) is 6.57. The van der Waals surface area contributed by atoms with E-state index < -0.39 is 11.5 Å². The third-order valence-corrected chi connectivity index (χ3v) is 5.61. The minimum Gasteiger partial charge on any atom is -0.392 e. The fourth-order valence-electron chi connectivity index (χ4n) is 3.94. The molecular formula is C19H26N2O2. The molecule has 1 aliphatic rings. The predicted molar refractivity (Wildman–Crippen MR) is 92.2 cm³/mol. The average Bonchev–Trinajstić information content (AvgIpc) is 2.99. The SMILES string of the molecule is CCC1(CC)C(=O)N(CCc2c[nH]c3ccccc23)CCC1O. The zero-order valence-electron chi connectivity index (χ0n) is 14.0. The van der Waals surface area contributed by atoms with Crippen LogP contribution in [0, 0.1) is 5.41 Å². The van der Waals surface area contributed by atoms with Crippen molar-refractivity contribution in [1.29, 1.82) is 0 Å². The number of likely N-dealkylation sites (tertiary alicyclic amines) is 1. The molecular weight excluding hydrogens is 288 g/mol. The van der Waals surface area contributed by atoms with Gasteiger partial charge in [0.25, 0.3) is 0 Å². The van der Waals surface area contributed by atoms with Crippen molar-refractivity contribution in [2.24, 2.45) is 5.41 Å². The highest BCUT2D eigenvalue weighted by atomic mass is 16.3. The van der Waals surface area contributed by atoms with Crippen LogP contribution in [-0.4, -0.2) is 40.1 Å². The Bertz CT molecular complexity index is 687. The molecule has 1 unspecified atom stereocenters. The molecule has 0 aliphatic carbocycles. The number of carbonyl (C=O) groups excluding carboxylic acids is 1. The summed E-state index contributed by atoms with van der Waals surface area (Å²) < 4.78 is 0. The van der Waals surface area contributed by atoms with E-state index in [0.29, 0.717) is 25.8 Å². The van der Waals surface area contributed by atoms with E-state index in [1.54, 1.807) is 0 Å². The number of benzene rings is 1. The normalized spacial score (nSPS) is 21.1. The summed E-state index contributed by atoms with van der Waals surface area (Å²) >= 11 is 0. The van der Waals surface area contributed by atoms with Gasteiger partial charge in [0, 0.05) is 30.2 Å². The lowest BCUT2D eigenvalue weighted by Crippen LogP contribution is -2.56. The monoisotopic (exact) mass is 314 g/mol. The van der Waals surface area contributed by atoms with E-state index in [1.165, 1.54) is 10.9 Å². The summed E-state index contributed by atoms with van der Waals surface area (Å²) in [5.74, 6) is 0.126. The molecule has 2 aromatic rings. The van der Waals surface area contributed by atoms with Gasteiger partial charge in [-0.1, -0.05) is 32.0 Å². The summed E-state index contributed by atoms with van der Waals surface area (Å²) in [6.45, 7) is 5.39. The first-order valence-corrected chi connectivity index (χ1v) is 8.64. The Morgan fingerprint density at radius 1 is 1.30 bits per heavy atom. The van der Waals surface area contributed by atoms with Gasteiger partial charge in [-0.25, -0.2) is 0 Å². The van der Waals surface area contributed by atoms with Gasteiger partial charge in [-0.3, -0.25) is 4.79 Å². The topological polar surface area (TPSA) is 56.3 Å². The molecule has 1 atom stereocenters. The van der Waals surface area contributed by atoms with Crippen LogP contribution >= 0.6 is 0 Å². The number of carbonyl (C=O) groups is 1. The first-order valence-electron chi connectivity index (χ1n) is 8.64. The van der Waals surface area contributed by atoms with Crippen molar-refractivity contribution in [1.82, 2.24) is 9.88 Å². The molecule has 1 fully saturated rings. The van der Waals surface area contributed by atoms with E-state index in [-0.39, 0.29) is 5.91 Å². The smallest absolute Gasteiger partial charge is 0.231 e. The Morgan fingerprint density at radius 2 is 2.04 bits per heavy atom. The Hall–Kier alpha value is -1.81. The number of piperidine rings is 1. The number of nitrogens with zero attached hydrogens (tertiary/aromatic N) is 1. The molecule has 2 heterocycles. The van der Waals surface area contributed by atoms with Gasteiger partial charge in [0.15, 0.2) is 0 Å². The molecule has 1 amide bonds. The van der Waals surface area contributed by atoms with Crippen molar-refractivity contribution >= 4 is 16.8 Å². The van der Waals surface area contributed by atoms with Gasteiger partial charge >= 0.3 is 0 Å². The van der Waals surface area contributed by atoms with Gasteiger partial charge in [0.1, 0.15) is 0 Å². The van der Waals surface area contributed by atoms with E-state index in [9.17, 15) is 9.90 Å². The molecule has 3 rings (SSSR count). The third kappa shape index (κ3) is 2.65. The molecule has 0 saturated carbocycles. The Morgan fingerprint density at radius 3 is 2.78 bits per heavy atom. The minimum atomic E-state index is -0.585. The van der Waals surface area contributed by atoms with Gasteiger partial charge in [-0.15, -0.1) is 0 Å². The maximum Gasteiger partial charge on any atom is 0.231 e. The first-order chi connectivity index (χ1) is 11.1. The number of aromatic amines is 1. The van der Waals surface area contributed by atoms with E-state index >= 15 is 0 Å². The summed E-state index contributed by atoms with van der Waals surface area (Å²) in [4.78, 5) is 18.1. The van der Waals surface area contributed by atoms with Gasteiger partial charge in [-0.05, 0) is 37.3 Å². The van der Waals surface area contributed by atoms with Crippen LogP contribution in [0.3, 0.4) is 0 Å². The molecule has 1 aliphatic heterocycles. The standard InChI is InChI=1S/C19H26N2O2/c1-3-19(4-2)17(22)10-12-21(18(19)23)11-9-14-13-20-16-8-6-5-7-15(14)16/h5-8,13,17,20,22H,3-4,9-12H2,1-2H3. The number of para-hydroxylation sites is 1. The average molecular weight is 314 g/mol.